The molecule has 1 aliphatic carbocycles. The van der Waals surface area contributed by atoms with Crippen molar-refractivity contribution in [3.05, 3.63) is 29.7 Å². The molecule has 0 N–H and O–H groups in total. The first-order chi connectivity index (χ1) is 12.6. The van der Waals surface area contributed by atoms with E-state index in [2.05, 4.69) is 14.4 Å². The molecular formula is C15H17F3N2O6S. The van der Waals surface area contributed by atoms with Gasteiger partial charge in [-0.1, -0.05) is 0 Å². The van der Waals surface area contributed by atoms with Gasteiger partial charge in [-0.15, -0.1) is 5.10 Å². The third-order valence-electron chi connectivity index (χ3n) is 3.66. The highest BCUT2D eigenvalue weighted by Crippen LogP contribution is 2.35. The Morgan fingerprint density at radius 2 is 2.11 bits per heavy atom. The largest absolute Gasteiger partial charge is 0.534 e. The molecule has 1 unspecified atom stereocenters. The van der Waals surface area contributed by atoms with Crippen LogP contribution in [0.4, 0.5) is 13.2 Å². The van der Waals surface area contributed by atoms with Gasteiger partial charge in [0.15, 0.2) is 0 Å². The van der Waals surface area contributed by atoms with Crippen molar-refractivity contribution in [2.45, 2.75) is 31.7 Å². The van der Waals surface area contributed by atoms with Crippen LogP contribution in [0.5, 0.6) is 5.88 Å². The number of nitrogens with zero attached hydrogens (tertiary/aromatic N) is 2. The quantitative estimate of drug-likeness (QED) is 0.383. The topological polar surface area (TPSA) is 105 Å². The molecule has 150 valence electrons. The Morgan fingerprint density at radius 3 is 2.70 bits per heavy atom. The van der Waals surface area contributed by atoms with E-state index in [1.807, 2.05) is 0 Å². The molecule has 0 aliphatic heterocycles. The highest BCUT2D eigenvalue weighted by molar-refractivity contribution is 7.87. The molecule has 0 radical (unpaired) electrons. The summed E-state index contributed by atoms with van der Waals surface area (Å²) in [6.07, 6.45) is 1.25. The summed E-state index contributed by atoms with van der Waals surface area (Å²) in [6, 6.07) is 3.00. The van der Waals surface area contributed by atoms with Crippen LogP contribution in [0.2, 0.25) is 0 Å². The molecule has 0 saturated carbocycles. The molecule has 0 fully saturated rings. The Kier molecular flexibility index (Phi) is 6.63. The van der Waals surface area contributed by atoms with Gasteiger partial charge in [0.05, 0.1) is 12.5 Å². The van der Waals surface area contributed by atoms with Crippen LogP contribution < -0.4 is 4.74 Å². The standard InChI is InChI=1S/C15H17F3N2O6S/c1-2-24-14(21)10-5-6-12(26-27(22,23)15(16,17)18)11(8-10)9-25-13-4-3-7-19-20-13/h3-4,7,10H,2,5-6,8-9H2,1H3. The van der Waals surface area contributed by atoms with Crippen molar-refractivity contribution in [1.82, 2.24) is 10.2 Å². The van der Waals surface area contributed by atoms with Gasteiger partial charge in [0.25, 0.3) is 0 Å². The fourth-order valence-corrected chi connectivity index (χ4v) is 2.96. The number of hydrogen-bond acceptors (Lipinski definition) is 8. The van der Waals surface area contributed by atoms with Crippen LogP contribution in [0, 0.1) is 5.92 Å². The summed E-state index contributed by atoms with van der Waals surface area (Å²) in [5.41, 5.74) is -5.45. The van der Waals surface area contributed by atoms with Crippen molar-refractivity contribution < 1.29 is 40.0 Å². The summed E-state index contributed by atoms with van der Waals surface area (Å²) in [5, 5.41) is 7.25. The van der Waals surface area contributed by atoms with Gasteiger partial charge >= 0.3 is 21.6 Å². The van der Waals surface area contributed by atoms with Gasteiger partial charge in [-0.2, -0.15) is 26.7 Å². The maximum absolute atomic E-state index is 12.6. The van der Waals surface area contributed by atoms with E-state index in [0.717, 1.165) is 0 Å². The van der Waals surface area contributed by atoms with E-state index >= 15 is 0 Å². The highest BCUT2D eigenvalue weighted by Gasteiger charge is 2.49. The lowest BCUT2D eigenvalue weighted by molar-refractivity contribution is -0.148. The van der Waals surface area contributed by atoms with E-state index < -0.39 is 33.3 Å². The third-order valence-corrected chi connectivity index (χ3v) is 4.65. The second-order valence-electron chi connectivity index (χ2n) is 5.55. The van der Waals surface area contributed by atoms with E-state index in [9.17, 15) is 26.4 Å². The number of ether oxygens (including phenoxy) is 2. The van der Waals surface area contributed by atoms with Gasteiger partial charge in [-0.3, -0.25) is 4.79 Å². The van der Waals surface area contributed by atoms with Crippen molar-refractivity contribution in [1.29, 1.82) is 0 Å². The number of carbonyl (C=O) groups excluding carboxylic acids is 1. The van der Waals surface area contributed by atoms with Crippen molar-refractivity contribution >= 4 is 16.1 Å². The lowest BCUT2D eigenvalue weighted by Crippen LogP contribution is -2.29. The third kappa shape index (κ3) is 5.55. The van der Waals surface area contributed by atoms with Crippen LogP contribution in [0.25, 0.3) is 0 Å². The first-order valence-electron chi connectivity index (χ1n) is 7.93. The Labute approximate surface area is 153 Å². The van der Waals surface area contributed by atoms with E-state index in [0.29, 0.717) is 0 Å². The van der Waals surface area contributed by atoms with Gasteiger partial charge in [-0.05, 0) is 25.8 Å². The van der Waals surface area contributed by atoms with E-state index in [4.69, 9.17) is 9.47 Å². The van der Waals surface area contributed by atoms with Crippen LogP contribution >= 0.6 is 0 Å². The molecule has 27 heavy (non-hydrogen) atoms. The molecule has 1 aromatic rings. The molecule has 1 aliphatic rings. The van der Waals surface area contributed by atoms with Crippen LogP contribution in [0.1, 0.15) is 26.2 Å². The summed E-state index contributed by atoms with van der Waals surface area (Å²) in [6.45, 7) is 1.46. The predicted molar refractivity (Wildman–Crippen MR) is 84.6 cm³/mol. The number of aromatic nitrogens is 2. The minimum absolute atomic E-state index is 0.0538. The first kappa shape index (κ1) is 20.9. The summed E-state index contributed by atoms with van der Waals surface area (Å²) >= 11 is 0. The number of alkyl halides is 3. The number of carbonyl (C=O) groups is 1. The second kappa shape index (κ2) is 8.55. The summed E-state index contributed by atoms with van der Waals surface area (Å²) in [7, 11) is -5.82. The van der Waals surface area contributed by atoms with Crippen LogP contribution in [0.3, 0.4) is 0 Å². The maximum Gasteiger partial charge on any atom is 0.534 e. The fraction of sp³-hybridized carbons (Fsp3) is 0.533. The summed E-state index contributed by atoms with van der Waals surface area (Å²) in [4.78, 5) is 11.9. The SMILES string of the molecule is CCOC(=O)C1CCC(OS(=O)(=O)C(F)(F)F)=C(COc2cccnn2)C1. The number of esters is 1. The van der Waals surface area contributed by atoms with Gasteiger partial charge < -0.3 is 13.7 Å². The molecule has 1 aromatic heterocycles. The number of allylic oxidation sites excluding steroid dienone is 1. The number of hydrogen-bond donors (Lipinski definition) is 0. The molecule has 1 atom stereocenters. The minimum Gasteiger partial charge on any atom is -0.472 e. The second-order valence-corrected chi connectivity index (χ2v) is 7.09. The van der Waals surface area contributed by atoms with Crippen molar-refractivity contribution in [2.75, 3.05) is 13.2 Å². The predicted octanol–water partition coefficient (Wildman–Crippen LogP) is 2.34. The maximum atomic E-state index is 12.6. The molecule has 8 nitrogen and oxygen atoms in total. The first-order valence-corrected chi connectivity index (χ1v) is 9.33. The Morgan fingerprint density at radius 1 is 1.37 bits per heavy atom. The lowest BCUT2D eigenvalue weighted by Gasteiger charge is -2.25. The average molecular weight is 410 g/mol. The van der Waals surface area contributed by atoms with Gasteiger partial charge in [0.2, 0.25) is 5.88 Å². The fourth-order valence-electron chi connectivity index (χ4n) is 2.40. The highest BCUT2D eigenvalue weighted by atomic mass is 32.2. The van der Waals surface area contributed by atoms with Gasteiger partial charge in [0, 0.05) is 24.3 Å². The monoisotopic (exact) mass is 410 g/mol. The van der Waals surface area contributed by atoms with Crippen LogP contribution in [0.15, 0.2) is 29.7 Å². The summed E-state index contributed by atoms with van der Waals surface area (Å²) in [5.74, 6) is -1.46. The van der Waals surface area contributed by atoms with Crippen molar-refractivity contribution in [2.24, 2.45) is 5.92 Å². The minimum atomic E-state index is -5.82. The van der Waals surface area contributed by atoms with Crippen molar-refractivity contribution in [3.8, 4) is 5.88 Å². The Bertz CT molecular complexity index is 796. The number of rotatable bonds is 7. The van der Waals surface area contributed by atoms with Gasteiger partial charge in [-0.25, -0.2) is 0 Å². The van der Waals surface area contributed by atoms with Crippen molar-refractivity contribution in [3.63, 3.8) is 0 Å². The normalized spacial score (nSPS) is 18.1. The lowest BCUT2D eigenvalue weighted by atomic mass is 9.88. The van der Waals surface area contributed by atoms with E-state index in [1.165, 1.54) is 18.3 Å². The molecular weight excluding hydrogens is 393 g/mol. The molecule has 0 bridgehead atoms. The molecule has 0 spiro atoms. The van der Waals surface area contributed by atoms with Crippen LogP contribution in [-0.2, 0) is 23.8 Å². The smallest absolute Gasteiger partial charge is 0.472 e. The van der Waals surface area contributed by atoms with Gasteiger partial charge in [0.1, 0.15) is 12.4 Å². The molecule has 0 saturated heterocycles. The zero-order valence-electron chi connectivity index (χ0n) is 14.2. The number of halogens is 3. The Balaban J connectivity index is 2.23. The van der Waals surface area contributed by atoms with Crippen LogP contribution in [-0.4, -0.2) is 43.3 Å². The zero-order chi connectivity index (χ0) is 20.1. The molecule has 2 rings (SSSR count). The average Bonchev–Trinajstić information content (AvgIpc) is 2.60. The Hall–Kier alpha value is -2.37. The molecule has 0 aromatic carbocycles. The zero-order valence-corrected chi connectivity index (χ0v) is 15.0. The molecule has 0 amide bonds. The van der Waals surface area contributed by atoms with E-state index in [1.54, 1.807) is 6.92 Å². The molecule has 1 heterocycles. The summed E-state index contributed by atoms with van der Waals surface area (Å²) < 4.78 is 75.0. The van der Waals surface area contributed by atoms with E-state index in [-0.39, 0.29) is 43.9 Å². The molecule has 12 heteroatoms.